The summed E-state index contributed by atoms with van der Waals surface area (Å²) in [7, 11) is 0. The minimum Gasteiger partial charge on any atom is -0.460 e. The SMILES string of the molecule is C=C(F)C(=O)OCCC(F)F. The van der Waals surface area contributed by atoms with E-state index in [1.807, 2.05) is 0 Å². The van der Waals surface area contributed by atoms with Crippen molar-refractivity contribution in [1.29, 1.82) is 0 Å². The summed E-state index contributed by atoms with van der Waals surface area (Å²) in [6.45, 7) is 2.14. The van der Waals surface area contributed by atoms with Crippen LogP contribution in [0.25, 0.3) is 0 Å². The van der Waals surface area contributed by atoms with Crippen LogP contribution in [0.1, 0.15) is 6.42 Å². The Labute approximate surface area is 61.6 Å². The predicted molar refractivity (Wildman–Crippen MR) is 31.8 cm³/mol. The summed E-state index contributed by atoms with van der Waals surface area (Å²) >= 11 is 0. The van der Waals surface area contributed by atoms with E-state index in [9.17, 15) is 18.0 Å². The molecule has 2 nitrogen and oxygen atoms in total. The smallest absolute Gasteiger partial charge is 0.366 e. The fraction of sp³-hybridized carbons (Fsp3) is 0.500. The van der Waals surface area contributed by atoms with Crippen LogP contribution in [0.5, 0.6) is 0 Å². The predicted octanol–water partition coefficient (Wildman–Crippen LogP) is 1.67. The molecule has 0 N–H and O–H groups in total. The number of halogens is 3. The van der Waals surface area contributed by atoms with E-state index in [0.717, 1.165) is 0 Å². The van der Waals surface area contributed by atoms with Crippen LogP contribution in [-0.4, -0.2) is 19.0 Å². The molecule has 0 aliphatic heterocycles. The van der Waals surface area contributed by atoms with Crippen LogP contribution in [0, 0.1) is 0 Å². The van der Waals surface area contributed by atoms with Crippen LogP contribution in [-0.2, 0) is 9.53 Å². The third-order valence-corrected chi connectivity index (χ3v) is 0.791. The minimum atomic E-state index is -2.55. The molecule has 0 aliphatic carbocycles. The molecule has 0 fully saturated rings. The zero-order valence-corrected chi connectivity index (χ0v) is 5.65. The third-order valence-electron chi connectivity index (χ3n) is 0.791. The number of ether oxygens (including phenoxy) is 1. The lowest BCUT2D eigenvalue weighted by molar-refractivity contribution is -0.141. The molecule has 0 aromatic heterocycles. The zero-order valence-electron chi connectivity index (χ0n) is 5.65. The van der Waals surface area contributed by atoms with Crippen molar-refractivity contribution in [3.05, 3.63) is 12.4 Å². The Balaban J connectivity index is 3.40. The number of alkyl halides is 2. The number of carbonyl (C=O) groups excluding carboxylic acids is 1. The molecule has 0 spiro atoms. The highest BCUT2D eigenvalue weighted by Crippen LogP contribution is 2.01. The van der Waals surface area contributed by atoms with Crippen LogP contribution in [0.4, 0.5) is 13.2 Å². The highest BCUT2D eigenvalue weighted by molar-refractivity contribution is 5.85. The molecular formula is C6H7F3O2. The molecule has 0 saturated carbocycles. The van der Waals surface area contributed by atoms with Gasteiger partial charge in [-0.05, 0) is 0 Å². The first-order chi connectivity index (χ1) is 5.04. The van der Waals surface area contributed by atoms with Gasteiger partial charge in [0.1, 0.15) is 0 Å². The first-order valence-corrected chi connectivity index (χ1v) is 2.83. The van der Waals surface area contributed by atoms with Crippen molar-refractivity contribution in [2.45, 2.75) is 12.8 Å². The maximum atomic E-state index is 11.8. The van der Waals surface area contributed by atoms with Gasteiger partial charge in [-0.3, -0.25) is 0 Å². The summed E-state index contributed by atoms with van der Waals surface area (Å²) in [5.41, 5.74) is 0. The molecule has 0 unspecified atom stereocenters. The van der Waals surface area contributed by atoms with Crippen molar-refractivity contribution >= 4 is 5.97 Å². The molecule has 0 aromatic carbocycles. The molecule has 11 heavy (non-hydrogen) atoms. The monoisotopic (exact) mass is 168 g/mol. The van der Waals surface area contributed by atoms with Crippen molar-refractivity contribution in [2.75, 3.05) is 6.61 Å². The van der Waals surface area contributed by atoms with Crippen molar-refractivity contribution < 1.29 is 22.7 Å². The summed E-state index contributed by atoms with van der Waals surface area (Å²) in [5.74, 6) is -2.56. The van der Waals surface area contributed by atoms with E-state index in [1.165, 1.54) is 0 Å². The summed E-state index contributed by atoms with van der Waals surface area (Å²) in [5, 5.41) is 0. The fourth-order valence-electron chi connectivity index (χ4n) is 0.319. The molecule has 0 saturated heterocycles. The third kappa shape index (κ3) is 5.44. The first-order valence-electron chi connectivity index (χ1n) is 2.83. The number of carbonyl (C=O) groups is 1. The fourth-order valence-corrected chi connectivity index (χ4v) is 0.319. The lowest BCUT2D eigenvalue weighted by atomic mass is 10.5. The van der Waals surface area contributed by atoms with Gasteiger partial charge in [0.2, 0.25) is 12.3 Å². The molecule has 0 aliphatic rings. The number of hydrogen-bond acceptors (Lipinski definition) is 2. The van der Waals surface area contributed by atoms with E-state index in [-0.39, 0.29) is 0 Å². The summed E-state index contributed by atoms with van der Waals surface area (Å²) in [4.78, 5) is 10.2. The average Bonchev–Trinajstić information content (AvgIpc) is 1.86. The van der Waals surface area contributed by atoms with Gasteiger partial charge >= 0.3 is 5.97 Å². The van der Waals surface area contributed by atoms with Gasteiger partial charge in [-0.2, -0.15) is 4.39 Å². The van der Waals surface area contributed by atoms with Crippen LogP contribution < -0.4 is 0 Å². The normalized spacial score (nSPS) is 9.82. The molecule has 0 aromatic rings. The lowest BCUT2D eigenvalue weighted by Gasteiger charge is -2.00. The van der Waals surface area contributed by atoms with Gasteiger partial charge in [0.15, 0.2) is 0 Å². The zero-order chi connectivity index (χ0) is 8.85. The second kappa shape index (κ2) is 4.76. The molecule has 5 heteroatoms. The Morgan fingerprint density at radius 2 is 2.09 bits per heavy atom. The van der Waals surface area contributed by atoms with Crippen LogP contribution >= 0.6 is 0 Å². The molecule has 0 radical (unpaired) electrons. The number of rotatable bonds is 4. The van der Waals surface area contributed by atoms with Gasteiger partial charge < -0.3 is 4.74 Å². The molecular weight excluding hydrogens is 161 g/mol. The average molecular weight is 168 g/mol. The number of esters is 1. The van der Waals surface area contributed by atoms with Crippen molar-refractivity contribution in [2.24, 2.45) is 0 Å². The van der Waals surface area contributed by atoms with Crippen LogP contribution in [0.2, 0.25) is 0 Å². The lowest BCUT2D eigenvalue weighted by Crippen LogP contribution is -2.07. The molecule has 0 bridgehead atoms. The topological polar surface area (TPSA) is 26.3 Å². The molecule has 64 valence electrons. The van der Waals surface area contributed by atoms with E-state index in [2.05, 4.69) is 11.3 Å². The molecule has 0 rings (SSSR count). The molecule has 0 amide bonds. The Hall–Kier alpha value is -1.00. The van der Waals surface area contributed by atoms with Crippen LogP contribution in [0.15, 0.2) is 12.4 Å². The van der Waals surface area contributed by atoms with Crippen LogP contribution in [0.3, 0.4) is 0 Å². The summed E-state index contributed by atoms with van der Waals surface area (Å²) < 4.78 is 38.5. The van der Waals surface area contributed by atoms with Gasteiger partial charge in [-0.1, -0.05) is 6.58 Å². The summed E-state index contributed by atoms with van der Waals surface area (Å²) in [6.07, 6.45) is -3.13. The minimum absolute atomic E-state index is 0.487. The second-order valence-electron chi connectivity index (χ2n) is 1.72. The maximum absolute atomic E-state index is 11.8. The summed E-state index contributed by atoms with van der Waals surface area (Å²) in [6, 6.07) is 0. The van der Waals surface area contributed by atoms with E-state index < -0.39 is 31.2 Å². The highest BCUT2D eigenvalue weighted by Gasteiger charge is 2.08. The Morgan fingerprint density at radius 3 is 2.45 bits per heavy atom. The Morgan fingerprint density at radius 1 is 1.55 bits per heavy atom. The molecule has 0 heterocycles. The van der Waals surface area contributed by atoms with Crippen molar-refractivity contribution in [3.63, 3.8) is 0 Å². The highest BCUT2D eigenvalue weighted by atomic mass is 19.3. The molecule has 0 atom stereocenters. The van der Waals surface area contributed by atoms with Gasteiger partial charge in [0.25, 0.3) is 0 Å². The van der Waals surface area contributed by atoms with Crippen molar-refractivity contribution in [1.82, 2.24) is 0 Å². The van der Waals surface area contributed by atoms with E-state index >= 15 is 0 Å². The van der Waals surface area contributed by atoms with E-state index in [4.69, 9.17) is 0 Å². The van der Waals surface area contributed by atoms with Gasteiger partial charge in [-0.25, -0.2) is 13.6 Å². The number of hydrogen-bond donors (Lipinski definition) is 0. The standard InChI is InChI=1S/C6H7F3O2/c1-4(7)6(10)11-3-2-5(8)9/h5H,1-3H2. The quantitative estimate of drug-likeness (QED) is 0.471. The maximum Gasteiger partial charge on any atom is 0.366 e. The van der Waals surface area contributed by atoms with Gasteiger partial charge in [0, 0.05) is 6.42 Å². The first kappa shape index (κ1) is 10.0. The van der Waals surface area contributed by atoms with E-state index in [0.29, 0.717) is 0 Å². The Kier molecular flexibility index (Phi) is 4.33. The van der Waals surface area contributed by atoms with Gasteiger partial charge in [-0.15, -0.1) is 0 Å². The largest absolute Gasteiger partial charge is 0.460 e. The van der Waals surface area contributed by atoms with Crippen molar-refractivity contribution in [3.8, 4) is 0 Å². The Bertz CT molecular complexity index is 156. The van der Waals surface area contributed by atoms with Gasteiger partial charge in [0.05, 0.1) is 6.61 Å². The van der Waals surface area contributed by atoms with E-state index in [1.54, 1.807) is 0 Å². The second-order valence-corrected chi connectivity index (χ2v) is 1.72.